The number of aryl methyl sites for hydroxylation is 1. The normalized spacial score (nSPS) is 32.2. The Kier molecular flexibility index (Phi) is 4.56. The fourth-order valence-electron chi connectivity index (χ4n) is 4.70. The summed E-state index contributed by atoms with van der Waals surface area (Å²) in [6.07, 6.45) is 8.23. The quantitative estimate of drug-likeness (QED) is 0.820. The van der Waals surface area contributed by atoms with Crippen LogP contribution in [0.15, 0.2) is 4.52 Å². The first-order chi connectivity index (χ1) is 12.0. The van der Waals surface area contributed by atoms with Crippen LogP contribution in [0.3, 0.4) is 0 Å². The molecule has 25 heavy (non-hydrogen) atoms. The number of amides is 1. The van der Waals surface area contributed by atoms with Crippen LogP contribution in [0, 0.1) is 18.8 Å². The number of aromatic nitrogens is 2. The van der Waals surface area contributed by atoms with Gasteiger partial charge in [0, 0.05) is 19.0 Å². The minimum atomic E-state index is -0.106. The number of hydrogen-bond donors (Lipinski definition) is 0. The molecular weight excluding hydrogens is 318 g/mol. The lowest BCUT2D eigenvalue weighted by Crippen LogP contribution is -2.48. The number of rotatable bonds is 2. The third kappa shape index (κ3) is 3.46. The Morgan fingerprint density at radius 1 is 1.12 bits per heavy atom. The van der Waals surface area contributed by atoms with Crippen LogP contribution in [0.25, 0.3) is 0 Å². The molecule has 1 amide bonds. The number of hydrogen-bond acceptors (Lipinski definition) is 5. The number of ether oxygens (including phenoxy) is 1. The van der Waals surface area contributed by atoms with Crippen molar-refractivity contribution >= 4 is 5.91 Å². The molecule has 6 nitrogen and oxygen atoms in total. The van der Waals surface area contributed by atoms with E-state index < -0.39 is 0 Å². The van der Waals surface area contributed by atoms with Gasteiger partial charge in [0.15, 0.2) is 5.82 Å². The summed E-state index contributed by atoms with van der Waals surface area (Å²) in [5.74, 6) is 2.67. The molecule has 2 aliphatic heterocycles. The van der Waals surface area contributed by atoms with E-state index in [1.807, 2.05) is 6.92 Å². The number of carbonyl (C=O) groups is 1. The molecule has 6 heteroatoms. The van der Waals surface area contributed by atoms with Gasteiger partial charge in [-0.1, -0.05) is 12.1 Å². The molecule has 4 rings (SSSR count). The highest BCUT2D eigenvalue weighted by Gasteiger charge is 2.45. The third-order valence-electron chi connectivity index (χ3n) is 6.42. The van der Waals surface area contributed by atoms with E-state index in [4.69, 9.17) is 9.26 Å². The molecule has 1 aromatic heterocycles. The first kappa shape index (κ1) is 17.0. The van der Waals surface area contributed by atoms with Crippen LogP contribution in [0.2, 0.25) is 0 Å². The maximum absolute atomic E-state index is 12.8. The van der Waals surface area contributed by atoms with Crippen LogP contribution < -0.4 is 0 Å². The molecule has 3 fully saturated rings. The molecule has 0 radical (unpaired) electrons. The summed E-state index contributed by atoms with van der Waals surface area (Å²) in [5, 5.41) is 3.87. The maximum Gasteiger partial charge on any atom is 0.255 e. The Labute approximate surface area is 149 Å². The molecule has 0 bridgehead atoms. The van der Waals surface area contributed by atoms with E-state index in [9.17, 15) is 4.79 Å². The second-order valence-electron chi connectivity index (χ2n) is 8.29. The van der Waals surface area contributed by atoms with E-state index in [0.717, 1.165) is 57.5 Å². The SMILES string of the molecule is Cc1noc([C@H]2CCC3(CCN(C(=O)C4CCC(C)CC4)CC3)O2)n1. The molecule has 1 aliphatic carbocycles. The van der Waals surface area contributed by atoms with Crippen LogP contribution in [-0.4, -0.2) is 39.6 Å². The number of piperidine rings is 1. The van der Waals surface area contributed by atoms with Gasteiger partial charge in [-0.3, -0.25) is 4.79 Å². The van der Waals surface area contributed by atoms with E-state index in [1.165, 1.54) is 12.8 Å². The topological polar surface area (TPSA) is 68.5 Å². The van der Waals surface area contributed by atoms with Crippen molar-refractivity contribution in [1.29, 1.82) is 0 Å². The zero-order chi connectivity index (χ0) is 17.4. The third-order valence-corrected chi connectivity index (χ3v) is 6.42. The van der Waals surface area contributed by atoms with Crippen molar-refractivity contribution in [2.24, 2.45) is 11.8 Å². The van der Waals surface area contributed by atoms with Crippen LogP contribution in [0.4, 0.5) is 0 Å². The molecule has 1 atom stereocenters. The average Bonchev–Trinajstić information content (AvgIpc) is 3.23. The van der Waals surface area contributed by atoms with Gasteiger partial charge in [-0.2, -0.15) is 4.98 Å². The molecular formula is C19H29N3O3. The lowest BCUT2D eigenvalue weighted by molar-refractivity contribution is -0.143. The standard InChI is InChI=1S/C19H29N3O3/c1-13-3-5-15(6-4-13)18(23)22-11-9-19(10-12-22)8-7-16(24-19)17-20-14(2)21-25-17/h13,15-16H,3-12H2,1-2H3/t13?,15?,16-/m1/s1. The Balaban J connectivity index is 1.32. The van der Waals surface area contributed by atoms with Gasteiger partial charge in [-0.05, 0) is 64.2 Å². The Hall–Kier alpha value is -1.43. The smallest absolute Gasteiger partial charge is 0.255 e. The van der Waals surface area contributed by atoms with Crippen molar-refractivity contribution in [2.45, 2.75) is 76.9 Å². The molecule has 138 valence electrons. The Bertz CT molecular complexity index is 613. The number of carbonyl (C=O) groups excluding carboxylic acids is 1. The summed E-state index contributed by atoms with van der Waals surface area (Å²) < 4.78 is 11.6. The Morgan fingerprint density at radius 3 is 2.48 bits per heavy atom. The molecule has 1 aromatic rings. The van der Waals surface area contributed by atoms with E-state index in [0.29, 0.717) is 17.6 Å². The molecule has 1 spiro atoms. The minimum Gasteiger partial charge on any atom is -0.362 e. The first-order valence-corrected chi connectivity index (χ1v) is 9.81. The number of likely N-dealkylation sites (tertiary alicyclic amines) is 1. The highest BCUT2D eigenvalue weighted by Crippen LogP contribution is 2.45. The summed E-state index contributed by atoms with van der Waals surface area (Å²) in [7, 11) is 0. The summed E-state index contributed by atoms with van der Waals surface area (Å²) in [6.45, 7) is 5.76. The van der Waals surface area contributed by atoms with Crippen LogP contribution >= 0.6 is 0 Å². The monoisotopic (exact) mass is 347 g/mol. The van der Waals surface area contributed by atoms with Gasteiger partial charge in [0.05, 0.1) is 5.60 Å². The van der Waals surface area contributed by atoms with Gasteiger partial charge in [0.25, 0.3) is 5.89 Å². The zero-order valence-electron chi connectivity index (χ0n) is 15.4. The molecule has 3 heterocycles. The predicted octanol–water partition coefficient (Wildman–Crippen LogP) is 3.42. The van der Waals surface area contributed by atoms with Crippen molar-refractivity contribution in [3.63, 3.8) is 0 Å². The Morgan fingerprint density at radius 2 is 1.84 bits per heavy atom. The molecule has 1 saturated carbocycles. The second-order valence-corrected chi connectivity index (χ2v) is 8.29. The lowest BCUT2D eigenvalue weighted by atomic mass is 9.81. The average molecular weight is 347 g/mol. The zero-order valence-corrected chi connectivity index (χ0v) is 15.4. The molecule has 2 saturated heterocycles. The van der Waals surface area contributed by atoms with Gasteiger partial charge in [0.2, 0.25) is 5.91 Å². The van der Waals surface area contributed by atoms with Gasteiger partial charge < -0.3 is 14.2 Å². The molecule has 3 aliphatic rings. The summed E-state index contributed by atoms with van der Waals surface area (Å²) in [5.41, 5.74) is -0.106. The molecule has 0 N–H and O–H groups in total. The van der Waals surface area contributed by atoms with Gasteiger partial charge in [-0.15, -0.1) is 0 Å². The van der Waals surface area contributed by atoms with Gasteiger partial charge >= 0.3 is 0 Å². The fourth-order valence-corrected chi connectivity index (χ4v) is 4.70. The maximum atomic E-state index is 12.8. The van der Waals surface area contributed by atoms with E-state index >= 15 is 0 Å². The van der Waals surface area contributed by atoms with Crippen molar-refractivity contribution in [3.05, 3.63) is 11.7 Å². The van der Waals surface area contributed by atoms with E-state index in [-0.39, 0.29) is 17.6 Å². The van der Waals surface area contributed by atoms with Crippen molar-refractivity contribution < 1.29 is 14.1 Å². The summed E-state index contributed by atoms with van der Waals surface area (Å²) >= 11 is 0. The lowest BCUT2D eigenvalue weighted by Gasteiger charge is -2.40. The van der Waals surface area contributed by atoms with Crippen molar-refractivity contribution in [1.82, 2.24) is 15.0 Å². The van der Waals surface area contributed by atoms with Crippen LogP contribution in [-0.2, 0) is 9.53 Å². The van der Waals surface area contributed by atoms with E-state index in [2.05, 4.69) is 22.0 Å². The molecule has 0 unspecified atom stereocenters. The highest BCUT2D eigenvalue weighted by molar-refractivity contribution is 5.79. The van der Waals surface area contributed by atoms with Gasteiger partial charge in [0.1, 0.15) is 6.10 Å². The molecule has 0 aromatic carbocycles. The van der Waals surface area contributed by atoms with Crippen molar-refractivity contribution in [2.75, 3.05) is 13.1 Å². The minimum absolute atomic E-state index is 0.0803. The summed E-state index contributed by atoms with van der Waals surface area (Å²) in [6, 6.07) is 0. The van der Waals surface area contributed by atoms with Crippen molar-refractivity contribution in [3.8, 4) is 0 Å². The summed E-state index contributed by atoms with van der Waals surface area (Å²) in [4.78, 5) is 19.2. The fraction of sp³-hybridized carbons (Fsp3) is 0.842. The predicted molar refractivity (Wildman–Crippen MR) is 91.8 cm³/mol. The second kappa shape index (κ2) is 6.71. The van der Waals surface area contributed by atoms with Crippen LogP contribution in [0.1, 0.15) is 76.1 Å². The van der Waals surface area contributed by atoms with Crippen LogP contribution in [0.5, 0.6) is 0 Å². The van der Waals surface area contributed by atoms with Gasteiger partial charge in [-0.25, -0.2) is 0 Å². The first-order valence-electron chi connectivity index (χ1n) is 9.81. The number of nitrogens with zero attached hydrogens (tertiary/aromatic N) is 3. The largest absolute Gasteiger partial charge is 0.362 e. The highest BCUT2D eigenvalue weighted by atomic mass is 16.5. The van der Waals surface area contributed by atoms with E-state index in [1.54, 1.807) is 0 Å².